The summed E-state index contributed by atoms with van der Waals surface area (Å²) in [5.74, 6) is 0. The summed E-state index contributed by atoms with van der Waals surface area (Å²) in [6.07, 6.45) is 3.71. The zero-order valence-electron chi connectivity index (χ0n) is 8.71. The molecular weight excluding hydrogens is 220 g/mol. The van der Waals surface area contributed by atoms with E-state index >= 15 is 0 Å². The van der Waals surface area contributed by atoms with Crippen LogP contribution in [0.4, 0.5) is 5.69 Å². The van der Waals surface area contributed by atoms with Crippen molar-refractivity contribution in [1.29, 1.82) is 5.26 Å². The topological polar surface area (TPSA) is 67.6 Å². The van der Waals surface area contributed by atoms with Crippen LogP contribution in [0.15, 0.2) is 40.4 Å². The van der Waals surface area contributed by atoms with Crippen molar-refractivity contribution in [1.82, 2.24) is 9.78 Å². The highest BCUT2D eigenvalue weighted by Gasteiger charge is 2.03. The Bertz CT molecular complexity index is 553. The molecule has 0 atom stereocenters. The zero-order chi connectivity index (χ0) is 11.5. The molecule has 0 aliphatic carbocycles. The molecule has 0 fully saturated rings. The van der Waals surface area contributed by atoms with E-state index in [9.17, 15) is 0 Å². The van der Waals surface area contributed by atoms with Crippen LogP contribution in [-0.4, -0.2) is 9.78 Å². The number of rotatable bonds is 2. The fourth-order valence-corrected chi connectivity index (χ4v) is 2.17. The molecule has 0 bridgehead atoms. The molecule has 0 aliphatic rings. The fourth-order valence-electron chi connectivity index (χ4n) is 1.28. The van der Waals surface area contributed by atoms with E-state index in [0.717, 1.165) is 9.79 Å². The van der Waals surface area contributed by atoms with Crippen LogP contribution in [0.5, 0.6) is 0 Å². The van der Waals surface area contributed by atoms with Gasteiger partial charge in [0.25, 0.3) is 0 Å². The summed E-state index contributed by atoms with van der Waals surface area (Å²) in [6, 6.07) is 7.50. The van der Waals surface area contributed by atoms with Gasteiger partial charge in [-0.1, -0.05) is 11.8 Å². The number of aryl methyl sites for hydroxylation is 1. The van der Waals surface area contributed by atoms with Gasteiger partial charge in [-0.25, -0.2) is 0 Å². The van der Waals surface area contributed by atoms with Gasteiger partial charge >= 0.3 is 0 Å². The molecule has 0 radical (unpaired) electrons. The van der Waals surface area contributed by atoms with Gasteiger partial charge in [0.05, 0.1) is 16.7 Å². The largest absolute Gasteiger partial charge is 0.398 e. The van der Waals surface area contributed by atoms with E-state index in [1.54, 1.807) is 34.8 Å². The number of hydrogen-bond donors (Lipinski definition) is 1. The van der Waals surface area contributed by atoms with Gasteiger partial charge < -0.3 is 5.73 Å². The molecule has 0 amide bonds. The fraction of sp³-hybridized carbons (Fsp3) is 0.0909. The minimum atomic E-state index is 0.508. The summed E-state index contributed by atoms with van der Waals surface area (Å²) in [6.45, 7) is 0. The first-order valence-electron chi connectivity index (χ1n) is 4.65. The van der Waals surface area contributed by atoms with E-state index in [0.29, 0.717) is 11.3 Å². The van der Waals surface area contributed by atoms with E-state index in [1.165, 1.54) is 0 Å². The third-order valence-corrected chi connectivity index (χ3v) is 3.00. The number of nitrogen functional groups attached to an aromatic ring is 1. The minimum absolute atomic E-state index is 0.508. The Labute approximate surface area is 97.7 Å². The molecule has 0 spiro atoms. The van der Waals surface area contributed by atoms with Crippen molar-refractivity contribution in [3.8, 4) is 6.07 Å². The van der Waals surface area contributed by atoms with Crippen molar-refractivity contribution >= 4 is 17.4 Å². The van der Waals surface area contributed by atoms with Crippen LogP contribution in [-0.2, 0) is 7.05 Å². The molecule has 2 N–H and O–H groups in total. The molecule has 2 aromatic rings. The maximum atomic E-state index is 8.86. The molecule has 4 nitrogen and oxygen atoms in total. The molecule has 1 heterocycles. The highest BCUT2D eigenvalue weighted by molar-refractivity contribution is 7.99. The van der Waals surface area contributed by atoms with E-state index in [2.05, 4.69) is 11.2 Å². The first-order valence-corrected chi connectivity index (χ1v) is 5.47. The second-order valence-electron chi connectivity index (χ2n) is 3.31. The van der Waals surface area contributed by atoms with Gasteiger partial charge in [-0.15, -0.1) is 0 Å². The SMILES string of the molecule is Cn1cc(Sc2ccc(N)c(C#N)c2)cn1. The first-order chi connectivity index (χ1) is 7.69. The molecule has 16 heavy (non-hydrogen) atoms. The quantitative estimate of drug-likeness (QED) is 0.801. The Kier molecular flexibility index (Phi) is 2.84. The lowest BCUT2D eigenvalue weighted by molar-refractivity contribution is 0.766. The summed E-state index contributed by atoms with van der Waals surface area (Å²) < 4.78 is 1.74. The van der Waals surface area contributed by atoms with Crippen molar-refractivity contribution in [2.24, 2.45) is 7.05 Å². The summed E-state index contributed by atoms with van der Waals surface area (Å²) in [7, 11) is 1.87. The van der Waals surface area contributed by atoms with Crippen LogP contribution in [0.2, 0.25) is 0 Å². The number of nitriles is 1. The van der Waals surface area contributed by atoms with Crippen molar-refractivity contribution < 1.29 is 0 Å². The van der Waals surface area contributed by atoms with Crippen LogP contribution in [0.25, 0.3) is 0 Å². The van der Waals surface area contributed by atoms with Crippen molar-refractivity contribution in [3.63, 3.8) is 0 Å². The molecule has 1 aromatic heterocycles. The third-order valence-electron chi connectivity index (χ3n) is 2.06. The van der Waals surface area contributed by atoms with Crippen molar-refractivity contribution in [2.75, 3.05) is 5.73 Å². The van der Waals surface area contributed by atoms with E-state index < -0.39 is 0 Å². The summed E-state index contributed by atoms with van der Waals surface area (Å²) in [5, 5.41) is 12.9. The van der Waals surface area contributed by atoms with Crippen molar-refractivity contribution in [3.05, 3.63) is 36.2 Å². The third kappa shape index (κ3) is 2.18. The van der Waals surface area contributed by atoms with Gasteiger partial charge in [0.15, 0.2) is 0 Å². The average Bonchev–Trinajstić information content (AvgIpc) is 2.67. The zero-order valence-corrected chi connectivity index (χ0v) is 9.53. The Balaban J connectivity index is 2.26. The van der Waals surface area contributed by atoms with E-state index in [1.807, 2.05) is 19.3 Å². The standard InChI is InChI=1S/C11H10N4S/c1-15-7-10(6-14-15)16-9-2-3-11(13)8(4-9)5-12/h2-4,6-7H,13H2,1H3. The monoisotopic (exact) mass is 230 g/mol. The Morgan fingerprint density at radius 3 is 2.88 bits per heavy atom. The molecule has 5 heteroatoms. The van der Waals surface area contributed by atoms with Gasteiger partial charge in [-0.3, -0.25) is 4.68 Å². The Hall–Kier alpha value is -1.93. The molecule has 0 unspecified atom stereocenters. The van der Waals surface area contributed by atoms with E-state index in [-0.39, 0.29) is 0 Å². The summed E-state index contributed by atoms with van der Waals surface area (Å²) >= 11 is 1.56. The number of nitrogens with zero attached hydrogens (tertiary/aromatic N) is 3. The number of aromatic nitrogens is 2. The van der Waals surface area contributed by atoms with Crippen LogP contribution < -0.4 is 5.73 Å². The minimum Gasteiger partial charge on any atom is -0.398 e. The van der Waals surface area contributed by atoms with Gasteiger partial charge in [-0.05, 0) is 18.2 Å². The second kappa shape index (κ2) is 4.29. The summed E-state index contributed by atoms with van der Waals surface area (Å²) in [5.41, 5.74) is 6.67. The van der Waals surface area contributed by atoms with E-state index in [4.69, 9.17) is 11.0 Å². The lowest BCUT2D eigenvalue weighted by Gasteiger charge is -2.01. The first kappa shape index (κ1) is 10.6. The summed E-state index contributed by atoms with van der Waals surface area (Å²) in [4.78, 5) is 2.02. The van der Waals surface area contributed by atoms with Gasteiger partial charge in [0.1, 0.15) is 6.07 Å². The van der Waals surface area contributed by atoms with Gasteiger partial charge in [-0.2, -0.15) is 10.4 Å². The second-order valence-corrected chi connectivity index (χ2v) is 4.46. The lowest BCUT2D eigenvalue weighted by atomic mass is 10.2. The molecule has 0 saturated carbocycles. The molecule has 1 aromatic carbocycles. The highest BCUT2D eigenvalue weighted by Crippen LogP contribution is 2.29. The van der Waals surface area contributed by atoms with Crippen LogP contribution in [0.1, 0.15) is 5.56 Å². The predicted molar refractivity (Wildman–Crippen MR) is 62.9 cm³/mol. The smallest absolute Gasteiger partial charge is 0.101 e. The van der Waals surface area contributed by atoms with Gasteiger partial charge in [0.2, 0.25) is 0 Å². The molecule has 80 valence electrons. The number of nitrogens with two attached hydrogens (primary N) is 1. The highest BCUT2D eigenvalue weighted by atomic mass is 32.2. The maximum absolute atomic E-state index is 8.86. The maximum Gasteiger partial charge on any atom is 0.101 e. The van der Waals surface area contributed by atoms with Crippen molar-refractivity contribution in [2.45, 2.75) is 9.79 Å². The Morgan fingerprint density at radius 2 is 2.25 bits per heavy atom. The average molecular weight is 230 g/mol. The predicted octanol–water partition coefficient (Wildman–Crippen LogP) is 2.03. The molecule has 0 saturated heterocycles. The number of benzene rings is 1. The van der Waals surface area contributed by atoms with Crippen LogP contribution in [0.3, 0.4) is 0 Å². The molecular formula is C11H10N4S. The van der Waals surface area contributed by atoms with Crippen LogP contribution >= 0.6 is 11.8 Å². The van der Waals surface area contributed by atoms with Gasteiger partial charge in [0, 0.05) is 23.8 Å². The number of anilines is 1. The molecule has 2 rings (SSSR count). The number of hydrogen-bond acceptors (Lipinski definition) is 4. The normalized spacial score (nSPS) is 10.0. The molecule has 0 aliphatic heterocycles. The lowest BCUT2D eigenvalue weighted by Crippen LogP contribution is -1.89. The van der Waals surface area contributed by atoms with Crippen LogP contribution in [0, 0.1) is 11.3 Å². The Morgan fingerprint density at radius 1 is 1.44 bits per heavy atom.